The normalized spacial score (nSPS) is 25.3. The molecule has 20 heavy (non-hydrogen) atoms. The predicted octanol–water partition coefficient (Wildman–Crippen LogP) is 0.776. The number of likely N-dealkylation sites (tertiary alicyclic amines) is 1. The largest absolute Gasteiger partial charge is 0.480 e. The van der Waals surface area contributed by atoms with Gasteiger partial charge >= 0.3 is 5.97 Å². The summed E-state index contributed by atoms with van der Waals surface area (Å²) in [5.74, 6) is -0.975. The number of carboxylic acids is 1. The number of carbonyl (C=O) groups excluding carboxylic acids is 1. The standard InChI is InChI=1S/C15H18N2O3/c18-14(17-7-3-6-13(17)15(19)20)12-8-10-4-1-2-5-11(10)9-16-12/h1-2,4-5,12-13,16H,3,6-9H2,(H,19,20)/t12?,13-/m0/s1. The molecule has 0 saturated carbocycles. The smallest absolute Gasteiger partial charge is 0.326 e. The van der Waals surface area contributed by atoms with Gasteiger partial charge in [0.05, 0.1) is 6.04 Å². The first-order valence-corrected chi connectivity index (χ1v) is 7.00. The number of hydrogen-bond donors (Lipinski definition) is 2. The van der Waals surface area contributed by atoms with Crippen LogP contribution in [0.3, 0.4) is 0 Å². The lowest BCUT2D eigenvalue weighted by Gasteiger charge is -2.30. The molecule has 106 valence electrons. The number of carboxylic acid groups (broad SMARTS) is 1. The Kier molecular flexibility index (Phi) is 3.44. The molecule has 2 aliphatic rings. The molecule has 1 saturated heterocycles. The van der Waals surface area contributed by atoms with E-state index in [1.165, 1.54) is 16.0 Å². The van der Waals surface area contributed by atoms with Gasteiger partial charge in [0.25, 0.3) is 0 Å². The minimum Gasteiger partial charge on any atom is -0.480 e. The van der Waals surface area contributed by atoms with E-state index in [0.29, 0.717) is 25.9 Å². The van der Waals surface area contributed by atoms with Gasteiger partial charge in [0.2, 0.25) is 5.91 Å². The first kappa shape index (κ1) is 13.1. The van der Waals surface area contributed by atoms with Crippen LogP contribution in [0.4, 0.5) is 0 Å². The number of benzene rings is 1. The topological polar surface area (TPSA) is 69.6 Å². The molecular weight excluding hydrogens is 256 g/mol. The number of nitrogens with zero attached hydrogens (tertiary/aromatic N) is 1. The van der Waals surface area contributed by atoms with Gasteiger partial charge in [0.1, 0.15) is 6.04 Å². The van der Waals surface area contributed by atoms with Crippen LogP contribution in [0, 0.1) is 0 Å². The summed E-state index contributed by atoms with van der Waals surface area (Å²) in [6.07, 6.45) is 1.97. The Bertz CT molecular complexity index is 544. The molecule has 0 radical (unpaired) electrons. The molecule has 0 aliphatic carbocycles. The van der Waals surface area contributed by atoms with Crippen molar-refractivity contribution in [3.63, 3.8) is 0 Å². The van der Waals surface area contributed by atoms with Gasteiger partial charge in [-0.1, -0.05) is 24.3 Å². The molecule has 0 bridgehead atoms. The molecule has 1 unspecified atom stereocenters. The third kappa shape index (κ3) is 2.29. The van der Waals surface area contributed by atoms with Gasteiger partial charge in [-0.2, -0.15) is 0 Å². The van der Waals surface area contributed by atoms with Crippen LogP contribution in [0.2, 0.25) is 0 Å². The molecule has 1 fully saturated rings. The SMILES string of the molecule is O=C(O)[C@@H]1CCCN1C(=O)C1Cc2ccccc2CN1. The van der Waals surface area contributed by atoms with Gasteiger partial charge in [-0.3, -0.25) is 4.79 Å². The van der Waals surface area contributed by atoms with Gasteiger partial charge < -0.3 is 15.3 Å². The third-order valence-electron chi connectivity index (χ3n) is 4.20. The molecule has 1 aromatic carbocycles. The summed E-state index contributed by atoms with van der Waals surface area (Å²) in [7, 11) is 0. The van der Waals surface area contributed by atoms with Crippen molar-refractivity contribution in [2.45, 2.75) is 37.9 Å². The zero-order chi connectivity index (χ0) is 14.1. The fourth-order valence-electron chi connectivity index (χ4n) is 3.12. The van der Waals surface area contributed by atoms with E-state index in [4.69, 9.17) is 0 Å². The van der Waals surface area contributed by atoms with Crippen LogP contribution >= 0.6 is 0 Å². The Morgan fingerprint density at radius 2 is 2.00 bits per heavy atom. The van der Waals surface area contributed by atoms with E-state index in [-0.39, 0.29) is 11.9 Å². The zero-order valence-electron chi connectivity index (χ0n) is 11.2. The molecule has 1 amide bonds. The summed E-state index contributed by atoms with van der Waals surface area (Å²) in [5, 5.41) is 12.4. The number of rotatable bonds is 2. The Morgan fingerprint density at radius 3 is 2.75 bits per heavy atom. The molecule has 5 heteroatoms. The van der Waals surface area contributed by atoms with Crippen LogP contribution in [-0.4, -0.2) is 40.5 Å². The highest BCUT2D eigenvalue weighted by atomic mass is 16.4. The van der Waals surface area contributed by atoms with E-state index in [0.717, 1.165) is 6.42 Å². The molecule has 0 spiro atoms. The van der Waals surface area contributed by atoms with Crippen molar-refractivity contribution in [1.82, 2.24) is 10.2 Å². The summed E-state index contributed by atoms with van der Waals surface area (Å²) >= 11 is 0. The summed E-state index contributed by atoms with van der Waals surface area (Å²) in [4.78, 5) is 25.2. The zero-order valence-corrected chi connectivity index (χ0v) is 11.2. The number of carbonyl (C=O) groups is 2. The molecule has 3 rings (SSSR count). The van der Waals surface area contributed by atoms with Gasteiger partial charge in [-0.25, -0.2) is 4.79 Å². The van der Waals surface area contributed by atoms with Crippen LogP contribution in [-0.2, 0) is 22.6 Å². The Hall–Kier alpha value is -1.88. The minimum absolute atomic E-state index is 0.0793. The molecule has 5 nitrogen and oxygen atoms in total. The van der Waals surface area contributed by atoms with Crippen LogP contribution < -0.4 is 5.32 Å². The Balaban J connectivity index is 1.74. The molecule has 0 aromatic heterocycles. The monoisotopic (exact) mass is 274 g/mol. The summed E-state index contributed by atoms with van der Waals surface area (Å²) in [6.45, 7) is 1.22. The third-order valence-corrected chi connectivity index (χ3v) is 4.20. The average Bonchev–Trinajstić information content (AvgIpc) is 2.95. The van der Waals surface area contributed by atoms with E-state index in [1.54, 1.807) is 0 Å². The minimum atomic E-state index is -0.896. The van der Waals surface area contributed by atoms with E-state index < -0.39 is 12.0 Å². The van der Waals surface area contributed by atoms with E-state index >= 15 is 0 Å². The molecule has 2 aliphatic heterocycles. The van der Waals surface area contributed by atoms with Gasteiger partial charge in [-0.05, 0) is 30.4 Å². The highest BCUT2D eigenvalue weighted by Crippen LogP contribution is 2.22. The maximum Gasteiger partial charge on any atom is 0.326 e. The first-order chi connectivity index (χ1) is 9.66. The maximum atomic E-state index is 12.5. The van der Waals surface area contributed by atoms with Gasteiger partial charge in [-0.15, -0.1) is 0 Å². The number of hydrogen-bond acceptors (Lipinski definition) is 3. The van der Waals surface area contributed by atoms with Gasteiger partial charge in [0, 0.05) is 13.1 Å². The molecular formula is C15H18N2O3. The molecule has 2 heterocycles. The first-order valence-electron chi connectivity index (χ1n) is 7.00. The van der Waals surface area contributed by atoms with Crippen molar-refractivity contribution in [2.24, 2.45) is 0 Å². The Morgan fingerprint density at radius 1 is 1.25 bits per heavy atom. The van der Waals surface area contributed by atoms with Crippen molar-refractivity contribution in [1.29, 1.82) is 0 Å². The van der Waals surface area contributed by atoms with Crippen molar-refractivity contribution in [3.8, 4) is 0 Å². The second-order valence-corrected chi connectivity index (χ2v) is 5.43. The van der Waals surface area contributed by atoms with E-state index in [9.17, 15) is 14.7 Å². The number of amides is 1. The van der Waals surface area contributed by atoms with Crippen molar-refractivity contribution in [2.75, 3.05) is 6.54 Å². The maximum absolute atomic E-state index is 12.5. The number of fused-ring (bicyclic) bond motifs is 1. The van der Waals surface area contributed by atoms with E-state index in [2.05, 4.69) is 11.4 Å². The van der Waals surface area contributed by atoms with E-state index in [1.807, 2.05) is 18.2 Å². The van der Waals surface area contributed by atoms with Crippen LogP contribution in [0.25, 0.3) is 0 Å². The lowest BCUT2D eigenvalue weighted by molar-refractivity contribution is -0.149. The highest BCUT2D eigenvalue weighted by molar-refractivity contribution is 5.88. The average molecular weight is 274 g/mol. The van der Waals surface area contributed by atoms with Crippen molar-refractivity contribution >= 4 is 11.9 Å². The molecule has 2 atom stereocenters. The quantitative estimate of drug-likeness (QED) is 0.836. The summed E-state index contributed by atoms with van der Waals surface area (Å²) < 4.78 is 0. The Labute approximate surface area is 117 Å². The molecule has 2 N–H and O–H groups in total. The second kappa shape index (κ2) is 5.25. The van der Waals surface area contributed by atoms with Crippen LogP contribution in [0.15, 0.2) is 24.3 Å². The highest BCUT2D eigenvalue weighted by Gasteiger charge is 2.37. The molecule has 1 aromatic rings. The second-order valence-electron chi connectivity index (χ2n) is 5.43. The predicted molar refractivity (Wildman–Crippen MR) is 73.1 cm³/mol. The summed E-state index contributed by atoms with van der Waals surface area (Å²) in [5.41, 5.74) is 2.39. The lowest BCUT2D eigenvalue weighted by atomic mass is 9.95. The number of aliphatic carboxylic acids is 1. The summed E-state index contributed by atoms with van der Waals surface area (Å²) in [6, 6.07) is 7.10. The van der Waals surface area contributed by atoms with Crippen LogP contribution in [0.1, 0.15) is 24.0 Å². The van der Waals surface area contributed by atoms with Crippen molar-refractivity contribution in [3.05, 3.63) is 35.4 Å². The fraction of sp³-hybridized carbons (Fsp3) is 0.467. The number of nitrogens with one attached hydrogen (secondary N) is 1. The lowest BCUT2D eigenvalue weighted by Crippen LogP contribution is -2.52. The van der Waals surface area contributed by atoms with Crippen molar-refractivity contribution < 1.29 is 14.7 Å². The van der Waals surface area contributed by atoms with Gasteiger partial charge in [0.15, 0.2) is 0 Å². The fourth-order valence-corrected chi connectivity index (χ4v) is 3.12. The van der Waals surface area contributed by atoms with Crippen LogP contribution in [0.5, 0.6) is 0 Å².